The quantitative estimate of drug-likeness (QED) is 0.873. The Kier molecular flexibility index (Phi) is 3.58. The third kappa shape index (κ3) is 2.42. The van der Waals surface area contributed by atoms with Crippen molar-refractivity contribution in [3.8, 4) is 0 Å². The van der Waals surface area contributed by atoms with Crippen molar-refractivity contribution in [2.45, 2.75) is 31.8 Å². The van der Waals surface area contributed by atoms with E-state index in [2.05, 4.69) is 4.98 Å². The van der Waals surface area contributed by atoms with E-state index in [1.54, 1.807) is 29.4 Å². The van der Waals surface area contributed by atoms with Gasteiger partial charge in [-0.1, -0.05) is 11.6 Å². The monoisotopic (exact) mass is 328 g/mol. The molecule has 1 N–H and O–H groups in total. The second-order valence-corrected chi connectivity index (χ2v) is 6.58. The third-order valence-electron chi connectivity index (χ3n) is 4.77. The van der Waals surface area contributed by atoms with Crippen molar-refractivity contribution in [3.63, 3.8) is 0 Å². The minimum atomic E-state index is -0.475. The number of carbonyl (C=O) groups is 1. The first kappa shape index (κ1) is 14.7. The Labute approximate surface area is 139 Å². The van der Waals surface area contributed by atoms with Crippen LogP contribution in [0.5, 0.6) is 0 Å². The van der Waals surface area contributed by atoms with E-state index in [1.807, 2.05) is 6.07 Å². The number of hydrogen-bond acceptors (Lipinski definition) is 3. The van der Waals surface area contributed by atoms with Crippen LogP contribution in [0.15, 0.2) is 30.6 Å². The van der Waals surface area contributed by atoms with Crippen LogP contribution in [0.1, 0.15) is 46.0 Å². The summed E-state index contributed by atoms with van der Waals surface area (Å²) >= 11 is 6.03. The summed E-state index contributed by atoms with van der Waals surface area (Å²) in [5, 5.41) is 10.8. The Morgan fingerprint density at radius 3 is 3.00 bits per heavy atom. The van der Waals surface area contributed by atoms with Gasteiger partial charge in [-0.15, -0.1) is 0 Å². The number of aliphatic hydroxyl groups excluding tert-OH is 1. The second kappa shape index (κ2) is 5.62. The molecule has 1 aromatic heterocycles. The van der Waals surface area contributed by atoms with Crippen molar-refractivity contribution in [1.29, 1.82) is 0 Å². The molecule has 1 atom stereocenters. The van der Waals surface area contributed by atoms with Crippen molar-refractivity contribution >= 4 is 23.2 Å². The fraction of sp³-hybridized carbons (Fsp3) is 0.333. The molecule has 118 valence electrons. The van der Waals surface area contributed by atoms with Crippen LogP contribution < -0.4 is 4.90 Å². The van der Waals surface area contributed by atoms with Gasteiger partial charge in [0.2, 0.25) is 0 Å². The van der Waals surface area contributed by atoms with E-state index in [9.17, 15) is 9.90 Å². The van der Waals surface area contributed by atoms with Gasteiger partial charge in [-0.25, -0.2) is 0 Å². The highest BCUT2D eigenvalue weighted by Crippen LogP contribution is 2.36. The molecule has 1 aliphatic carbocycles. The van der Waals surface area contributed by atoms with Crippen molar-refractivity contribution in [2.75, 3.05) is 11.4 Å². The van der Waals surface area contributed by atoms with Crippen LogP contribution in [0.25, 0.3) is 0 Å². The number of carbonyl (C=O) groups excluding carboxylic acids is 1. The van der Waals surface area contributed by atoms with Gasteiger partial charge in [0.1, 0.15) is 0 Å². The highest BCUT2D eigenvalue weighted by atomic mass is 35.5. The van der Waals surface area contributed by atoms with E-state index < -0.39 is 6.10 Å². The van der Waals surface area contributed by atoms with Gasteiger partial charge < -0.3 is 10.0 Å². The molecule has 23 heavy (non-hydrogen) atoms. The zero-order valence-corrected chi connectivity index (χ0v) is 13.4. The van der Waals surface area contributed by atoms with Gasteiger partial charge in [0.15, 0.2) is 0 Å². The number of pyridine rings is 1. The Morgan fingerprint density at radius 1 is 1.26 bits per heavy atom. The molecule has 1 aromatic carbocycles. The molecule has 0 spiro atoms. The fourth-order valence-corrected chi connectivity index (χ4v) is 3.79. The lowest BCUT2D eigenvalue weighted by atomic mass is 9.89. The fourth-order valence-electron chi connectivity index (χ4n) is 3.60. The first-order valence-electron chi connectivity index (χ1n) is 7.90. The predicted octanol–water partition coefficient (Wildman–Crippen LogP) is 3.31. The summed E-state index contributed by atoms with van der Waals surface area (Å²) in [6, 6.07) is 5.42. The van der Waals surface area contributed by atoms with Crippen LogP contribution in [-0.4, -0.2) is 22.5 Å². The lowest BCUT2D eigenvalue weighted by Gasteiger charge is -2.32. The normalized spacial score (nSPS) is 20.2. The molecule has 0 saturated heterocycles. The van der Waals surface area contributed by atoms with Crippen LogP contribution in [-0.2, 0) is 12.8 Å². The summed E-state index contributed by atoms with van der Waals surface area (Å²) in [6.07, 6.45) is 6.33. The molecular formula is C18H17ClN2O2. The standard InChI is InChI=1S/C18H17ClN2O2/c19-12-4-5-13-11(8-12)6-7-21(18(13)23)16-10-20-9-15-14(16)2-1-3-17(15)22/h4-5,8-10,17,22H,1-3,6-7H2. The van der Waals surface area contributed by atoms with Gasteiger partial charge in [-0.3, -0.25) is 9.78 Å². The number of anilines is 1. The molecule has 1 aliphatic heterocycles. The first-order valence-corrected chi connectivity index (χ1v) is 8.28. The summed E-state index contributed by atoms with van der Waals surface area (Å²) in [5.74, 6) is -0.0156. The molecule has 1 unspecified atom stereocenters. The van der Waals surface area contributed by atoms with Crippen molar-refractivity contribution in [1.82, 2.24) is 4.98 Å². The van der Waals surface area contributed by atoms with Crippen LogP contribution in [0.3, 0.4) is 0 Å². The smallest absolute Gasteiger partial charge is 0.258 e. The number of aromatic nitrogens is 1. The molecule has 0 fully saturated rings. The molecule has 5 heteroatoms. The van der Waals surface area contributed by atoms with E-state index in [0.29, 0.717) is 17.1 Å². The average molecular weight is 329 g/mol. The van der Waals surface area contributed by atoms with Gasteiger partial charge >= 0.3 is 0 Å². The number of amides is 1. The van der Waals surface area contributed by atoms with Gasteiger partial charge in [-0.2, -0.15) is 0 Å². The molecule has 0 radical (unpaired) electrons. The Hall–Kier alpha value is -1.91. The SMILES string of the molecule is O=C1c2ccc(Cl)cc2CCN1c1cncc2c1CCCC2O. The van der Waals surface area contributed by atoms with Crippen molar-refractivity contribution in [3.05, 3.63) is 57.9 Å². The van der Waals surface area contributed by atoms with Crippen LogP contribution >= 0.6 is 11.6 Å². The molecule has 2 aromatic rings. The summed E-state index contributed by atoms with van der Waals surface area (Å²) < 4.78 is 0. The van der Waals surface area contributed by atoms with E-state index in [4.69, 9.17) is 11.6 Å². The minimum absolute atomic E-state index is 0.0156. The molecule has 0 bridgehead atoms. The van der Waals surface area contributed by atoms with Gasteiger partial charge in [-0.05, 0) is 55.0 Å². The largest absolute Gasteiger partial charge is 0.388 e. The summed E-state index contributed by atoms with van der Waals surface area (Å²) in [7, 11) is 0. The van der Waals surface area contributed by atoms with Gasteiger partial charge in [0.25, 0.3) is 5.91 Å². The number of rotatable bonds is 1. The number of halogens is 1. The Balaban J connectivity index is 1.77. The Morgan fingerprint density at radius 2 is 2.13 bits per heavy atom. The van der Waals surface area contributed by atoms with E-state index in [0.717, 1.165) is 48.1 Å². The molecule has 4 nitrogen and oxygen atoms in total. The molecule has 4 rings (SSSR count). The van der Waals surface area contributed by atoms with Crippen LogP contribution in [0.4, 0.5) is 5.69 Å². The second-order valence-electron chi connectivity index (χ2n) is 6.14. The van der Waals surface area contributed by atoms with E-state index in [-0.39, 0.29) is 5.91 Å². The average Bonchev–Trinajstić information content (AvgIpc) is 2.55. The molecular weight excluding hydrogens is 312 g/mol. The van der Waals surface area contributed by atoms with E-state index in [1.165, 1.54) is 0 Å². The highest BCUT2D eigenvalue weighted by Gasteiger charge is 2.30. The lowest BCUT2D eigenvalue weighted by molar-refractivity contribution is 0.0979. The summed E-state index contributed by atoms with van der Waals surface area (Å²) in [6.45, 7) is 0.612. The first-order chi connectivity index (χ1) is 11.1. The number of aliphatic hydroxyl groups is 1. The highest BCUT2D eigenvalue weighted by molar-refractivity contribution is 6.30. The molecule has 0 saturated carbocycles. The number of fused-ring (bicyclic) bond motifs is 2. The third-order valence-corrected chi connectivity index (χ3v) is 5.00. The summed E-state index contributed by atoms with van der Waals surface area (Å²) in [4.78, 5) is 18.9. The van der Waals surface area contributed by atoms with Crippen molar-refractivity contribution in [2.24, 2.45) is 0 Å². The van der Waals surface area contributed by atoms with Crippen molar-refractivity contribution < 1.29 is 9.90 Å². The molecule has 2 heterocycles. The maximum atomic E-state index is 12.9. The Bertz CT molecular complexity index is 791. The predicted molar refractivity (Wildman–Crippen MR) is 89.0 cm³/mol. The van der Waals surface area contributed by atoms with Gasteiger partial charge in [0, 0.05) is 28.9 Å². The molecule has 1 amide bonds. The number of nitrogens with zero attached hydrogens (tertiary/aromatic N) is 2. The van der Waals surface area contributed by atoms with E-state index >= 15 is 0 Å². The summed E-state index contributed by atoms with van der Waals surface area (Å²) in [5.41, 5.74) is 4.46. The topological polar surface area (TPSA) is 53.4 Å². The van der Waals surface area contributed by atoms with Crippen LogP contribution in [0, 0.1) is 0 Å². The van der Waals surface area contributed by atoms with Gasteiger partial charge in [0.05, 0.1) is 18.0 Å². The lowest BCUT2D eigenvalue weighted by Crippen LogP contribution is -2.38. The number of benzene rings is 1. The zero-order valence-electron chi connectivity index (χ0n) is 12.6. The number of hydrogen-bond donors (Lipinski definition) is 1. The maximum Gasteiger partial charge on any atom is 0.258 e. The zero-order chi connectivity index (χ0) is 16.0. The van der Waals surface area contributed by atoms with Crippen LogP contribution in [0.2, 0.25) is 5.02 Å². The minimum Gasteiger partial charge on any atom is -0.388 e. The maximum absolute atomic E-state index is 12.9. The molecule has 2 aliphatic rings.